The summed E-state index contributed by atoms with van der Waals surface area (Å²) in [5.41, 5.74) is 1.50. The standard InChI is InChI=1S/C22H24F2N8O2/c1-13(33)29-19-8-16(30-18-4-6-25-21(31-18)22(2,23)24)15(9-27-19)17-10-28-20(11-26-17)32-7-5-14(12-32)34-3/h4,6,8-11,14H,5,7,12H2,1-3H3,(H2,25,27,29,30,31,33)/t14-/m1/s1. The van der Waals surface area contributed by atoms with Crippen molar-refractivity contribution in [1.82, 2.24) is 24.9 Å². The van der Waals surface area contributed by atoms with Crippen molar-refractivity contribution in [3.05, 3.63) is 42.7 Å². The Bertz CT molecular complexity index is 1170. The van der Waals surface area contributed by atoms with Gasteiger partial charge < -0.3 is 20.3 Å². The van der Waals surface area contributed by atoms with E-state index in [1.54, 1.807) is 25.6 Å². The highest BCUT2D eigenvalue weighted by molar-refractivity contribution is 5.89. The molecule has 1 aliphatic rings. The second-order valence-electron chi connectivity index (χ2n) is 7.93. The number of ether oxygens (including phenoxy) is 1. The van der Waals surface area contributed by atoms with E-state index in [1.807, 2.05) is 0 Å². The minimum atomic E-state index is -3.20. The van der Waals surface area contributed by atoms with Gasteiger partial charge in [-0.25, -0.2) is 19.9 Å². The maximum atomic E-state index is 13.7. The minimum Gasteiger partial charge on any atom is -0.380 e. The molecule has 0 aromatic carbocycles. The van der Waals surface area contributed by atoms with Crippen LogP contribution in [0.3, 0.4) is 0 Å². The number of amides is 1. The fourth-order valence-electron chi connectivity index (χ4n) is 3.54. The quantitative estimate of drug-likeness (QED) is 0.536. The van der Waals surface area contributed by atoms with E-state index in [-0.39, 0.29) is 23.6 Å². The van der Waals surface area contributed by atoms with E-state index in [2.05, 4.69) is 40.5 Å². The second-order valence-corrected chi connectivity index (χ2v) is 7.93. The molecule has 34 heavy (non-hydrogen) atoms. The van der Waals surface area contributed by atoms with Gasteiger partial charge in [-0.05, 0) is 12.5 Å². The van der Waals surface area contributed by atoms with Crippen molar-refractivity contribution in [3.63, 3.8) is 0 Å². The minimum absolute atomic E-state index is 0.153. The number of hydrogen-bond acceptors (Lipinski definition) is 9. The maximum Gasteiger partial charge on any atom is 0.303 e. The van der Waals surface area contributed by atoms with Gasteiger partial charge in [0.1, 0.15) is 17.5 Å². The number of nitrogens with one attached hydrogen (secondary N) is 2. The van der Waals surface area contributed by atoms with Crippen molar-refractivity contribution in [2.45, 2.75) is 32.3 Å². The van der Waals surface area contributed by atoms with Gasteiger partial charge in [0, 0.05) is 58.1 Å². The van der Waals surface area contributed by atoms with Crippen molar-refractivity contribution in [1.29, 1.82) is 0 Å². The van der Waals surface area contributed by atoms with E-state index >= 15 is 0 Å². The lowest BCUT2D eigenvalue weighted by Gasteiger charge is -2.17. The predicted molar refractivity (Wildman–Crippen MR) is 122 cm³/mol. The fraction of sp³-hybridized carbons (Fsp3) is 0.364. The van der Waals surface area contributed by atoms with Crippen LogP contribution in [-0.2, 0) is 15.5 Å². The monoisotopic (exact) mass is 470 g/mol. The molecule has 4 rings (SSSR count). The summed E-state index contributed by atoms with van der Waals surface area (Å²) < 4.78 is 32.8. The Labute approximate surface area is 194 Å². The lowest BCUT2D eigenvalue weighted by Crippen LogP contribution is -2.23. The van der Waals surface area contributed by atoms with Crippen LogP contribution in [-0.4, -0.2) is 57.1 Å². The highest BCUT2D eigenvalue weighted by Crippen LogP contribution is 2.31. The molecule has 1 atom stereocenters. The van der Waals surface area contributed by atoms with Crippen LogP contribution >= 0.6 is 0 Å². The van der Waals surface area contributed by atoms with E-state index < -0.39 is 11.7 Å². The number of pyridine rings is 1. The van der Waals surface area contributed by atoms with Crippen LogP contribution in [0.15, 0.2) is 36.9 Å². The number of halogens is 2. The van der Waals surface area contributed by atoms with E-state index in [1.165, 1.54) is 25.4 Å². The third kappa shape index (κ3) is 5.39. The number of anilines is 4. The summed E-state index contributed by atoms with van der Waals surface area (Å²) in [5.74, 6) is -2.95. The number of alkyl halides is 2. The zero-order chi connectivity index (χ0) is 24.3. The summed E-state index contributed by atoms with van der Waals surface area (Å²) in [5, 5.41) is 5.61. The molecule has 10 nitrogen and oxygen atoms in total. The molecule has 1 fully saturated rings. The Kier molecular flexibility index (Phi) is 6.59. The first-order valence-corrected chi connectivity index (χ1v) is 10.6. The summed E-state index contributed by atoms with van der Waals surface area (Å²) in [6, 6.07) is 3.04. The van der Waals surface area contributed by atoms with E-state index in [4.69, 9.17) is 4.74 Å². The van der Waals surface area contributed by atoms with Gasteiger partial charge in [-0.15, -0.1) is 0 Å². The van der Waals surface area contributed by atoms with E-state index in [0.717, 1.165) is 32.3 Å². The lowest BCUT2D eigenvalue weighted by molar-refractivity contribution is -0.114. The molecule has 3 aromatic heterocycles. The number of methoxy groups -OCH3 is 1. The van der Waals surface area contributed by atoms with Gasteiger partial charge in [0.15, 0.2) is 0 Å². The molecular formula is C22H24F2N8O2. The van der Waals surface area contributed by atoms with Gasteiger partial charge in [0.2, 0.25) is 11.7 Å². The molecule has 178 valence electrons. The first kappa shape index (κ1) is 23.4. The van der Waals surface area contributed by atoms with Crippen molar-refractivity contribution >= 4 is 29.0 Å². The van der Waals surface area contributed by atoms with E-state index in [0.29, 0.717) is 16.9 Å². The lowest BCUT2D eigenvalue weighted by atomic mass is 10.1. The Morgan fingerprint density at radius 3 is 2.65 bits per heavy atom. The first-order valence-electron chi connectivity index (χ1n) is 10.6. The molecule has 2 N–H and O–H groups in total. The van der Waals surface area contributed by atoms with Gasteiger partial charge in [-0.1, -0.05) is 0 Å². The van der Waals surface area contributed by atoms with Crippen LogP contribution in [0.25, 0.3) is 11.3 Å². The molecule has 0 aliphatic carbocycles. The Balaban J connectivity index is 1.65. The summed E-state index contributed by atoms with van der Waals surface area (Å²) in [6.07, 6.45) is 7.12. The fourth-order valence-corrected chi connectivity index (χ4v) is 3.54. The number of rotatable bonds is 7. The van der Waals surface area contributed by atoms with Crippen LogP contribution in [0.1, 0.15) is 26.1 Å². The molecule has 4 heterocycles. The Hall–Kier alpha value is -3.80. The summed E-state index contributed by atoms with van der Waals surface area (Å²) in [7, 11) is 1.69. The van der Waals surface area contributed by atoms with Crippen LogP contribution < -0.4 is 15.5 Å². The van der Waals surface area contributed by atoms with Crippen LogP contribution in [0, 0.1) is 0 Å². The predicted octanol–water partition coefficient (Wildman–Crippen LogP) is 3.37. The van der Waals surface area contributed by atoms with Crippen molar-refractivity contribution < 1.29 is 18.3 Å². The number of carbonyl (C=O) groups is 1. The van der Waals surface area contributed by atoms with Crippen LogP contribution in [0.4, 0.5) is 31.9 Å². The molecule has 1 saturated heterocycles. The van der Waals surface area contributed by atoms with Gasteiger partial charge in [0.25, 0.3) is 0 Å². The number of carbonyl (C=O) groups excluding carboxylic acids is 1. The molecule has 1 amide bonds. The average Bonchev–Trinajstić information content (AvgIpc) is 3.28. The van der Waals surface area contributed by atoms with Gasteiger partial charge in [-0.3, -0.25) is 9.78 Å². The third-order valence-electron chi connectivity index (χ3n) is 5.24. The second kappa shape index (κ2) is 9.59. The smallest absolute Gasteiger partial charge is 0.303 e. The number of nitrogens with zero attached hydrogens (tertiary/aromatic N) is 6. The molecule has 0 radical (unpaired) electrons. The molecule has 1 aliphatic heterocycles. The maximum absolute atomic E-state index is 13.7. The van der Waals surface area contributed by atoms with Crippen LogP contribution in [0.5, 0.6) is 0 Å². The summed E-state index contributed by atoms with van der Waals surface area (Å²) in [6.45, 7) is 3.65. The first-order chi connectivity index (χ1) is 16.2. The highest BCUT2D eigenvalue weighted by Gasteiger charge is 2.28. The Morgan fingerprint density at radius 2 is 2.00 bits per heavy atom. The molecule has 0 saturated carbocycles. The topological polar surface area (TPSA) is 118 Å². The SMILES string of the molecule is CO[C@@H]1CCN(c2cnc(-c3cnc(NC(C)=O)cc3Nc3ccnc(C(C)(F)F)n3)cn2)C1. The normalized spacial score (nSPS) is 15.9. The zero-order valence-electron chi connectivity index (χ0n) is 18.9. The number of hydrogen-bond donors (Lipinski definition) is 2. The largest absolute Gasteiger partial charge is 0.380 e. The van der Waals surface area contributed by atoms with Gasteiger partial charge in [0.05, 0.1) is 29.9 Å². The summed E-state index contributed by atoms with van der Waals surface area (Å²) >= 11 is 0. The van der Waals surface area contributed by atoms with E-state index in [9.17, 15) is 13.6 Å². The number of aromatic nitrogens is 5. The molecule has 0 spiro atoms. The van der Waals surface area contributed by atoms with Crippen LogP contribution in [0.2, 0.25) is 0 Å². The van der Waals surface area contributed by atoms with Gasteiger partial charge in [-0.2, -0.15) is 8.78 Å². The third-order valence-corrected chi connectivity index (χ3v) is 5.24. The molecule has 3 aromatic rings. The van der Waals surface area contributed by atoms with Crippen molar-refractivity contribution in [2.24, 2.45) is 0 Å². The highest BCUT2D eigenvalue weighted by atomic mass is 19.3. The zero-order valence-corrected chi connectivity index (χ0v) is 18.9. The molecule has 12 heteroatoms. The van der Waals surface area contributed by atoms with Crippen molar-refractivity contribution in [3.8, 4) is 11.3 Å². The average molecular weight is 470 g/mol. The molecule has 0 bridgehead atoms. The Morgan fingerprint density at radius 1 is 1.18 bits per heavy atom. The summed E-state index contributed by atoms with van der Waals surface area (Å²) in [4.78, 5) is 34.5. The molecule has 0 unspecified atom stereocenters. The molecular weight excluding hydrogens is 446 g/mol. The van der Waals surface area contributed by atoms with Crippen molar-refractivity contribution in [2.75, 3.05) is 35.7 Å². The van der Waals surface area contributed by atoms with Gasteiger partial charge >= 0.3 is 5.92 Å².